The van der Waals surface area contributed by atoms with Crippen LogP contribution < -0.4 is 5.32 Å². The quantitative estimate of drug-likeness (QED) is 0.857. The summed E-state index contributed by atoms with van der Waals surface area (Å²) in [5.41, 5.74) is 2.37. The molecular formula is C19H19NO3S. The number of carbonyl (C=O) groups excluding carboxylic acids is 2. The highest BCUT2D eigenvalue weighted by atomic mass is 32.2. The summed E-state index contributed by atoms with van der Waals surface area (Å²) in [5, 5.41) is 2.80. The zero-order chi connectivity index (χ0) is 17.1. The zero-order valence-corrected chi connectivity index (χ0v) is 14.4. The molecule has 0 saturated heterocycles. The molecule has 2 aromatic rings. The fraction of sp³-hybridized carbons (Fsp3) is 0.263. The average molecular weight is 341 g/mol. The van der Waals surface area contributed by atoms with Gasteiger partial charge in [0.1, 0.15) is 0 Å². The van der Waals surface area contributed by atoms with Gasteiger partial charge in [-0.1, -0.05) is 18.2 Å². The minimum atomic E-state index is -0.357. The number of rotatable bonds is 4. The third-order valence-corrected chi connectivity index (χ3v) is 4.99. The van der Waals surface area contributed by atoms with Crippen molar-refractivity contribution in [3.63, 3.8) is 0 Å². The van der Waals surface area contributed by atoms with Gasteiger partial charge in [-0.25, -0.2) is 4.79 Å². The van der Waals surface area contributed by atoms with E-state index in [1.165, 1.54) is 10.5 Å². The normalized spacial score (nSPS) is 15.9. The summed E-state index contributed by atoms with van der Waals surface area (Å²) in [6, 6.07) is 14.9. The molecule has 0 unspecified atom stereocenters. The van der Waals surface area contributed by atoms with E-state index in [4.69, 9.17) is 4.74 Å². The molecule has 0 spiro atoms. The lowest BCUT2D eigenvalue weighted by atomic mass is 10.1. The van der Waals surface area contributed by atoms with E-state index in [9.17, 15) is 9.59 Å². The van der Waals surface area contributed by atoms with Crippen LogP contribution in [-0.4, -0.2) is 23.2 Å². The van der Waals surface area contributed by atoms with Crippen molar-refractivity contribution in [3.05, 3.63) is 59.7 Å². The molecule has 3 rings (SSSR count). The number of nitrogens with one attached hydrogen (secondary N) is 1. The summed E-state index contributed by atoms with van der Waals surface area (Å²) in [5.74, 6) is -0.376. The SMILES string of the molecule is CC(C)OC(=O)c1ccc(NC(=O)[C@@H]2Cc3ccccc3S2)cc1. The molecular weight excluding hydrogens is 322 g/mol. The van der Waals surface area contributed by atoms with Gasteiger partial charge in [0, 0.05) is 10.6 Å². The lowest BCUT2D eigenvalue weighted by Crippen LogP contribution is -2.24. The maximum atomic E-state index is 12.4. The maximum Gasteiger partial charge on any atom is 0.338 e. The number of hydrogen-bond acceptors (Lipinski definition) is 4. The standard InChI is InChI=1S/C19H19NO3S/c1-12(2)23-19(22)13-7-9-15(10-8-13)20-18(21)17-11-14-5-3-4-6-16(14)24-17/h3-10,12,17H,11H2,1-2H3,(H,20,21)/t17-/m0/s1. The first-order chi connectivity index (χ1) is 11.5. The van der Waals surface area contributed by atoms with E-state index in [0.29, 0.717) is 11.3 Å². The van der Waals surface area contributed by atoms with Crippen molar-refractivity contribution in [1.29, 1.82) is 0 Å². The van der Waals surface area contributed by atoms with Crippen molar-refractivity contribution in [1.82, 2.24) is 0 Å². The molecule has 1 N–H and O–H groups in total. The summed E-state index contributed by atoms with van der Waals surface area (Å²) in [6.45, 7) is 3.62. The summed E-state index contributed by atoms with van der Waals surface area (Å²) >= 11 is 1.59. The van der Waals surface area contributed by atoms with Crippen molar-refractivity contribution in [2.45, 2.75) is 36.5 Å². The molecule has 0 aromatic heterocycles. The lowest BCUT2D eigenvalue weighted by molar-refractivity contribution is -0.115. The molecule has 0 bridgehead atoms. The Morgan fingerprint density at radius 2 is 1.83 bits per heavy atom. The van der Waals surface area contributed by atoms with Crippen molar-refractivity contribution < 1.29 is 14.3 Å². The number of benzene rings is 2. The third kappa shape index (κ3) is 3.79. The van der Waals surface area contributed by atoms with Crippen molar-refractivity contribution >= 4 is 29.3 Å². The smallest absolute Gasteiger partial charge is 0.338 e. The van der Waals surface area contributed by atoms with Crippen LogP contribution in [-0.2, 0) is 16.0 Å². The van der Waals surface area contributed by atoms with Gasteiger partial charge in [0.15, 0.2) is 0 Å². The Morgan fingerprint density at radius 3 is 2.50 bits per heavy atom. The van der Waals surface area contributed by atoms with Crippen molar-refractivity contribution in [3.8, 4) is 0 Å². The van der Waals surface area contributed by atoms with Gasteiger partial charge < -0.3 is 10.1 Å². The van der Waals surface area contributed by atoms with Crippen LogP contribution >= 0.6 is 11.8 Å². The van der Waals surface area contributed by atoms with E-state index >= 15 is 0 Å². The highest BCUT2D eigenvalue weighted by molar-refractivity contribution is 8.01. The van der Waals surface area contributed by atoms with Crippen LogP contribution in [0, 0.1) is 0 Å². The number of amides is 1. The molecule has 0 aliphatic carbocycles. The fourth-order valence-electron chi connectivity index (χ4n) is 2.52. The van der Waals surface area contributed by atoms with Gasteiger partial charge in [0.2, 0.25) is 5.91 Å². The van der Waals surface area contributed by atoms with E-state index in [1.54, 1.807) is 36.0 Å². The van der Waals surface area contributed by atoms with Crippen molar-refractivity contribution in [2.24, 2.45) is 0 Å². The van der Waals surface area contributed by atoms with E-state index < -0.39 is 0 Å². The number of ether oxygens (including phenoxy) is 1. The number of fused-ring (bicyclic) bond motifs is 1. The summed E-state index contributed by atoms with van der Waals surface area (Å²) in [4.78, 5) is 25.4. The van der Waals surface area contributed by atoms with Crippen LogP contribution in [0.25, 0.3) is 0 Å². The molecule has 1 aliphatic heterocycles. The molecule has 4 nitrogen and oxygen atoms in total. The molecule has 0 saturated carbocycles. The number of esters is 1. The molecule has 1 heterocycles. The van der Waals surface area contributed by atoms with Crippen LogP contribution in [0.3, 0.4) is 0 Å². The molecule has 2 aromatic carbocycles. The molecule has 0 fully saturated rings. The van der Waals surface area contributed by atoms with Gasteiger partial charge in [-0.15, -0.1) is 11.8 Å². The van der Waals surface area contributed by atoms with Crippen LogP contribution in [0.15, 0.2) is 53.4 Å². The zero-order valence-electron chi connectivity index (χ0n) is 13.6. The Kier molecular flexibility index (Phi) is 4.90. The highest BCUT2D eigenvalue weighted by Gasteiger charge is 2.27. The second-order valence-corrected chi connectivity index (χ2v) is 7.18. The molecule has 1 aliphatic rings. The molecule has 24 heavy (non-hydrogen) atoms. The highest BCUT2D eigenvalue weighted by Crippen LogP contribution is 2.37. The van der Waals surface area contributed by atoms with E-state index in [-0.39, 0.29) is 23.2 Å². The monoisotopic (exact) mass is 341 g/mol. The molecule has 1 atom stereocenters. The largest absolute Gasteiger partial charge is 0.459 e. The van der Waals surface area contributed by atoms with E-state index in [1.807, 2.05) is 32.0 Å². The second-order valence-electron chi connectivity index (χ2n) is 5.94. The Balaban J connectivity index is 1.61. The summed E-state index contributed by atoms with van der Waals surface area (Å²) in [7, 11) is 0. The number of anilines is 1. The first-order valence-electron chi connectivity index (χ1n) is 7.89. The Bertz CT molecular complexity index is 730. The van der Waals surface area contributed by atoms with Crippen LogP contribution in [0.2, 0.25) is 0 Å². The van der Waals surface area contributed by atoms with Gasteiger partial charge in [-0.2, -0.15) is 0 Å². The predicted octanol–water partition coefficient (Wildman–Crippen LogP) is 3.91. The minimum absolute atomic E-state index is 0.0197. The fourth-order valence-corrected chi connectivity index (χ4v) is 3.72. The third-order valence-electron chi connectivity index (χ3n) is 3.67. The second kappa shape index (κ2) is 7.09. The lowest BCUT2D eigenvalue weighted by Gasteiger charge is -2.11. The molecule has 1 amide bonds. The van der Waals surface area contributed by atoms with E-state index in [2.05, 4.69) is 11.4 Å². The van der Waals surface area contributed by atoms with Crippen LogP contribution in [0.1, 0.15) is 29.8 Å². The Labute approximate surface area is 145 Å². The van der Waals surface area contributed by atoms with Crippen molar-refractivity contribution in [2.75, 3.05) is 5.32 Å². The Morgan fingerprint density at radius 1 is 1.12 bits per heavy atom. The Hall–Kier alpha value is -2.27. The number of thioether (sulfide) groups is 1. The first kappa shape index (κ1) is 16.6. The molecule has 5 heteroatoms. The average Bonchev–Trinajstić information content (AvgIpc) is 2.99. The molecule has 0 radical (unpaired) electrons. The number of carbonyl (C=O) groups is 2. The van der Waals surface area contributed by atoms with Gasteiger partial charge >= 0.3 is 5.97 Å². The maximum absolute atomic E-state index is 12.4. The van der Waals surface area contributed by atoms with E-state index in [0.717, 1.165) is 6.42 Å². The summed E-state index contributed by atoms with van der Waals surface area (Å²) < 4.78 is 5.14. The first-order valence-corrected chi connectivity index (χ1v) is 8.77. The molecule has 124 valence electrons. The predicted molar refractivity (Wildman–Crippen MR) is 95.4 cm³/mol. The van der Waals surface area contributed by atoms with Gasteiger partial charge in [0.25, 0.3) is 0 Å². The van der Waals surface area contributed by atoms with Gasteiger partial charge in [-0.3, -0.25) is 4.79 Å². The van der Waals surface area contributed by atoms with Gasteiger partial charge in [-0.05, 0) is 56.2 Å². The topological polar surface area (TPSA) is 55.4 Å². The van der Waals surface area contributed by atoms with Gasteiger partial charge in [0.05, 0.1) is 16.9 Å². The van der Waals surface area contributed by atoms with Crippen LogP contribution in [0.4, 0.5) is 5.69 Å². The summed E-state index contributed by atoms with van der Waals surface area (Å²) in [6.07, 6.45) is 0.587. The van der Waals surface area contributed by atoms with Crippen LogP contribution in [0.5, 0.6) is 0 Å². The minimum Gasteiger partial charge on any atom is -0.459 e. The number of hydrogen-bond donors (Lipinski definition) is 1.